The zero-order chi connectivity index (χ0) is 12.7. The minimum Gasteiger partial charge on any atom is -0.481 e. The van der Waals surface area contributed by atoms with Crippen LogP contribution in [-0.4, -0.2) is 30.2 Å². The first-order chi connectivity index (χ1) is 8.11. The molecule has 0 spiro atoms. The summed E-state index contributed by atoms with van der Waals surface area (Å²) in [5.41, 5.74) is 0. The molecule has 17 heavy (non-hydrogen) atoms. The molecule has 0 aromatic carbocycles. The molecule has 1 fully saturated rings. The van der Waals surface area contributed by atoms with Crippen LogP contribution < -0.4 is 10.6 Å². The van der Waals surface area contributed by atoms with Crippen LogP contribution >= 0.6 is 0 Å². The maximum absolute atomic E-state index is 11.4. The molecule has 3 N–H and O–H groups in total. The first-order valence-electron chi connectivity index (χ1n) is 6.35. The van der Waals surface area contributed by atoms with Gasteiger partial charge in [-0.2, -0.15) is 0 Å². The predicted octanol–water partition coefficient (Wildman–Crippen LogP) is 1.59. The highest BCUT2D eigenvalue weighted by atomic mass is 16.4. The van der Waals surface area contributed by atoms with Gasteiger partial charge in [-0.15, -0.1) is 0 Å². The van der Waals surface area contributed by atoms with Crippen LogP contribution in [0.5, 0.6) is 0 Å². The summed E-state index contributed by atoms with van der Waals surface area (Å²) in [4.78, 5) is 22.0. The van der Waals surface area contributed by atoms with Gasteiger partial charge in [-0.3, -0.25) is 4.79 Å². The van der Waals surface area contributed by atoms with Crippen molar-refractivity contribution in [3.8, 4) is 0 Å². The Morgan fingerprint density at radius 2 is 2.06 bits per heavy atom. The lowest BCUT2D eigenvalue weighted by Crippen LogP contribution is -2.41. The number of aliphatic carboxylic acids is 1. The molecular weight excluding hydrogens is 220 g/mol. The van der Waals surface area contributed by atoms with Crippen molar-refractivity contribution in [3.63, 3.8) is 0 Å². The Labute approximate surface area is 102 Å². The van der Waals surface area contributed by atoms with E-state index in [0.717, 1.165) is 13.0 Å². The fourth-order valence-corrected chi connectivity index (χ4v) is 1.84. The van der Waals surface area contributed by atoms with E-state index >= 15 is 0 Å². The van der Waals surface area contributed by atoms with Gasteiger partial charge in [0.25, 0.3) is 0 Å². The number of carbonyl (C=O) groups is 2. The van der Waals surface area contributed by atoms with Crippen molar-refractivity contribution >= 4 is 12.0 Å². The summed E-state index contributed by atoms with van der Waals surface area (Å²) >= 11 is 0. The lowest BCUT2D eigenvalue weighted by molar-refractivity contribution is -0.138. The minimum atomic E-state index is -0.812. The zero-order valence-corrected chi connectivity index (χ0v) is 10.4. The van der Waals surface area contributed by atoms with Crippen LogP contribution in [0.1, 0.15) is 39.0 Å². The summed E-state index contributed by atoms with van der Waals surface area (Å²) in [6.45, 7) is 3.10. The molecular formula is C12H22N2O3. The molecule has 2 amide bonds. The van der Waals surface area contributed by atoms with E-state index in [1.807, 2.05) is 6.92 Å². The number of carboxylic acid groups (broad SMARTS) is 1. The molecule has 0 aromatic rings. The van der Waals surface area contributed by atoms with E-state index in [2.05, 4.69) is 10.6 Å². The number of hydrogen-bond donors (Lipinski definition) is 3. The van der Waals surface area contributed by atoms with Crippen molar-refractivity contribution in [2.45, 2.75) is 39.0 Å². The van der Waals surface area contributed by atoms with Gasteiger partial charge in [-0.25, -0.2) is 4.79 Å². The lowest BCUT2D eigenvalue weighted by atomic mass is 9.85. The second-order valence-corrected chi connectivity index (χ2v) is 4.76. The van der Waals surface area contributed by atoms with E-state index in [1.54, 1.807) is 0 Å². The topological polar surface area (TPSA) is 78.4 Å². The number of amides is 2. The van der Waals surface area contributed by atoms with Crippen LogP contribution in [0.2, 0.25) is 0 Å². The van der Waals surface area contributed by atoms with Gasteiger partial charge in [-0.05, 0) is 24.7 Å². The van der Waals surface area contributed by atoms with Crippen LogP contribution in [0.4, 0.5) is 4.79 Å². The number of carboxylic acids is 1. The van der Waals surface area contributed by atoms with Crippen molar-refractivity contribution in [1.82, 2.24) is 10.6 Å². The summed E-state index contributed by atoms with van der Waals surface area (Å²) in [5.74, 6) is -0.155. The average Bonchev–Trinajstić information content (AvgIpc) is 2.21. The van der Waals surface area contributed by atoms with E-state index < -0.39 is 5.97 Å². The van der Waals surface area contributed by atoms with E-state index in [9.17, 15) is 9.59 Å². The quantitative estimate of drug-likeness (QED) is 0.634. The number of urea groups is 1. The first kappa shape index (κ1) is 13.8. The van der Waals surface area contributed by atoms with Gasteiger partial charge in [0.1, 0.15) is 0 Å². The van der Waals surface area contributed by atoms with Gasteiger partial charge in [0.05, 0.1) is 0 Å². The molecule has 0 aromatic heterocycles. The average molecular weight is 242 g/mol. The molecule has 1 atom stereocenters. The molecule has 5 nitrogen and oxygen atoms in total. The second-order valence-electron chi connectivity index (χ2n) is 4.76. The van der Waals surface area contributed by atoms with E-state index in [1.165, 1.54) is 19.3 Å². The van der Waals surface area contributed by atoms with Crippen molar-refractivity contribution in [2.75, 3.05) is 13.1 Å². The fourth-order valence-electron chi connectivity index (χ4n) is 1.84. The van der Waals surface area contributed by atoms with Gasteiger partial charge in [0.2, 0.25) is 0 Å². The monoisotopic (exact) mass is 242 g/mol. The third kappa shape index (κ3) is 5.56. The molecule has 1 rings (SSSR count). The summed E-state index contributed by atoms with van der Waals surface area (Å²) in [6, 6.07) is -0.180. The maximum Gasteiger partial charge on any atom is 0.314 e. The molecule has 1 aliphatic carbocycles. The van der Waals surface area contributed by atoms with Crippen molar-refractivity contribution < 1.29 is 14.7 Å². The molecule has 1 unspecified atom stereocenters. The predicted molar refractivity (Wildman–Crippen MR) is 64.8 cm³/mol. The van der Waals surface area contributed by atoms with Gasteiger partial charge >= 0.3 is 12.0 Å². The van der Waals surface area contributed by atoms with Crippen LogP contribution in [0, 0.1) is 11.8 Å². The number of nitrogens with one attached hydrogen (secondary N) is 2. The highest BCUT2D eigenvalue weighted by molar-refractivity contribution is 5.74. The minimum absolute atomic E-state index is 0.0157. The smallest absolute Gasteiger partial charge is 0.314 e. The Balaban J connectivity index is 2.09. The largest absolute Gasteiger partial charge is 0.481 e. The highest BCUT2D eigenvalue weighted by Gasteiger charge is 2.18. The summed E-state index contributed by atoms with van der Waals surface area (Å²) in [6.07, 6.45) is 4.55. The molecule has 0 bridgehead atoms. The molecule has 0 radical (unpaired) electrons. The third-order valence-electron chi connectivity index (χ3n) is 3.37. The van der Waals surface area contributed by atoms with Crippen LogP contribution in [0.25, 0.3) is 0 Å². The van der Waals surface area contributed by atoms with Crippen molar-refractivity contribution in [3.05, 3.63) is 0 Å². The molecule has 98 valence electrons. The van der Waals surface area contributed by atoms with Crippen LogP contribution in [0.3, 0.4) is 0 Å². The van der Waals surface area contributed by atoms with E-state index in [4.69, 9.17) is 5.11 Å². The molecule has 5 heteroatoms. The van der Waals surface area contributed by atoms with Gasteiger partial charge in [0.15, 0.2) is 0 Å². The number of rotatable bonds is 7. The van der Waals surface area contributed by atoms with Crippen LogP contribution in [0.15, 0.2) is 0 Å². The second kappa shape index (κ2) is 7.14. The molecule has 0 heterocycles. The number of hydrogen-bond acceptors (Lipinski definition) is 2. The van der Waals surface area contributed by atoms with Crippen molar-refractivity contribution in [2.24, 2.45) is 11.8 Å². The summed E-state index contributed by atoms with van der Waals surface area (Å²) in [7, 11) is 0. The SMILES string of the molecule is CCC(CNC(=O)NCC1CCC1)CC(=O)O. The van der Waals surface area contributed by atoms with E-state index in [0.29, 0.717) is 12.5 Å². The highest BCUT2D eigenvalue weighted by Crippen LogP contribution is 2.24. The Morgan fingerprint density at radius 3 is 2.53 bits per heavy atom. The molecule has 1 aliphatic rings. The Hall–Kier alpha value is -1.26. The van der Waals surface area contributed by atoms with Crippen LogP contribution in [-0.2, 0) is 4.79 Å². The third-order valence-corrected chi connectivity index (χ3v) is 3.37. The molecule has 1 saturated carbocycles. The summed E-state index contributed by atoms with van der Waals surface area (Å²) in [5, 5.41) is 14.2. The fraction of sp³-hybridized carbons (Fsp3) is 0.833. The standard InChI is InChI=1S/C12H22N2O3/c1-2-9(6-11(15)16)7-13-12(17)14-8-10-4-3-5-10/h9-10H,2-8H2,1H3,(H,15,16)(H2,13,14,17). The van der Waals surface area contributed by atoms with Gasteiger partial charge in [-0.1, -0.05) is 19.8 Å². The summed E-state index contributed by atoms with van der Waals surface area (Å²) < 4.78 is 0. The van der Waals surface area contributed by atoms with E-state index in [-0.39, 0.29) is 18.4 Å². The Kier molecular flexibility index (Phi) is 5.80. The van der Waals surface area contributed by atoms with Gasteiger partial charge in [0, 0.05) is 19.5 Å². The zero-order valence-electron chi connectivity index (χ0n) is 10.4. The molecule has 0 aliphatic heterocycles. The van der Waals surface area contributed by atoms with Gasteiger partial charge < -0.3 is 15.7 Å². The lowest BCUT2D eigenvalue weighted by Gasteiger charge is -2.25. The van der Waals surface area contributed by atoms with Crippen molar-refractivity contribution in [1.29, 1.82) is 0 Å². The normalized spacial score (nSPS) is 17.0. The molecule has 0 saturated heterocycles. The Bertz CT molecular complexity index is 264. The number of carbonyl (C=O) groups excluding carboxylic acids is 1. The Morgan fingerprint density at radius 1 is 1.35 bits per heavy atom. The maximum atomic E-state index is 11.4. The first-order valence-corrected chi connectivity index (χ1v) is 6.35.